The Bertz CT molecular complexity index is 706. The summed E-state index contributed by atoms with van der Waals surface area (Å²) in [6.07, 6.45) is 2.89. The van der Waals surface area contributed by atoms with Crippen LogP contribution in [0.25, 0.3) is 0 Å². The van der Waals surface area contributed by atoms with Crippen LogP contribution in [-0.4, -0.2) is 62.9 Å². The number of nitrogens with zero attached hydrogens (tertiary/aromatic N) is 4. The Morgan fingerprint density at radius 3 is 2.88 bits per heavy atom. The summed E-state index contributed by atoms with van der Waals surface area (Å²) in [6.45, 7) is 1.73. The Labute approximate surface area is 145 Å². The van der Waals surface area contributed by atoms with Gasteiger partial charge >= 0.3 is 0 Å². The first kappa shape index (κ1) is 17.5. The molecule has 25 heavy (non-hydrogen) atoms. The van der Waals surface area contributed by atoms with E-state index in [4.69, 9.17) is 0 Å². The number of rotatable bonds is 5. The zero-order valence-electron chi connectivity index (χ0n) is 14.2. The van der Waals surface area contributed by atoms with Gasteiger partial charge in [0, 0.05) is 20.1 Å². The van der Waals surface area contributed by atoms with Crippen molar-refractivity contribution in [2.24, 2.45) is 0 Å². The fourth-order valence-electron chi connectivity index (χ4n) is 3.16. The highest BCUT2D eigenvalue weighted by molar-refractivity contribution is 5.78. The molecule has 0 unspecified atom stereocenters. The Morgan fingerprint density at radius 1 is 1.44 bits per heavy atom. The molecular formula is C17H22FN5O2. The molecule has 1 fully saturated rings. The van der Waals surface area contributed by atoms with Gasteiger partial charge in [0.1, 0.15) is 17.1 Å². The molecule has 1 aromatic carbocycles. The molecule has 8 heteroatoms. The van der Waals surface area contributed by atoms with E-state index in [1.165, 1.54) is 18.3 Å². The number of piperidine rings is 1. The van der Waals surface area contributed by atoms with Gasteiger partial charge in [0.15, 0.2) is 0 Å². The lowest BCUT2D eigenvalue weighted by Crippen LogP contribution is -2.49. The van der Waals surface area contributed by atoms with E-state index >= 15 is 0 Å². The highest BCUT2D eigenvalue weighted by atomic mass is 19.1. The van der Waals surface area contributed by atoms with E-state index < -0.39 is 5.60 Å². The number of aromatic amines is 1. The van der Waals surface area contributed by atoms with Crippen molar-refractivity contribution in [2.75, 3.05) is 26.7 Å². The van der Waals surface area contributed by atoms with Gasteiger partial charge in [-0.15, -0.1) is 0 Å². The average Bonchev–Trinajstić information content (AvgIpc) is 3.12. The number of benzene rings is 1. The van der Waals surface area contributed by atoms with Crippen LogP contribution in [0.3, 0.4) is 0 Å². The van der Waals surface area contributed by atoms with E-state index in [0.717, 1.165) is 18.5 Å². The molecule has 2 aromatic rings. The number of carbonyl (C=O) groups excluding carboxylic acids is 1. The number of β-amino-alcohol motifs (C(OH)–C–C–N with tert-alkyl or cyclic N) is 1. The fraction of sp³-hybridized carbons (Fsp3) is 0.471. The molecule has 1 aromatic heterocycles. The normalized spacial score (nSPS) is 21.2. The van der Waals surface area contributed by atoms with Crippen molar-refractivity contribution in [3.63, 3.8) is 0 Å². The molecule has 1 atom stereocenters. The molecule has 0 spiro atoms. The Kier molecular flexibility index (Phi) is 5.10. The molecule has 0 saturated carbocycles. The maximum Gasteiger partial charge on any atom is 0.236 e. The number of nitrogens with one attached hydrogen (secondary N) is 1. The molecule has 1 aliphatic heterocycles. The van der Waals surface area contributed by atoms with Crippen molar-refractivity contribution in [3.8, 4) is 0 Å². The van der Waals surface area contributed by atoms with Crippen LogP contribution >= 0.6 is 0 Å². The second-order valence-electron chi connectivity index (χ2n) is 6.58. The molecule has 1 aliphatic rings. The van der Waals surface area contributed by atoms with Gasteiger partial charge < -0.3 is 10.0 Å². The zero-order chi connectivity index (χ0) is 17.9. The quantitative estimate of drug-likeness (QED) is 0.839. The second kappa shape index (κ2) is 7.28. The van der Waals surface area contributed by atoms with Gasteiger partial charge in [-0.05, 0) is 37.1 Å². The summed E-state index contributed by atoms with van der Waals surface area (Å²) in [5.41, 5.74) is 0.292. The van der Waals surface area contributed by atoms with E-state index in [1.807, 2.05) is 4.90 Å². The second-order valence-corrected chi connectivity index (χ2v) is 6.58. The average molecular weight is 347 g/mol. The summed E-state index contributed by atoms with van der Waals surface area (Å²) < 4.78 is 13.0. The molecule has 1 amide bonds. The van der Waals surface area contributed by atoms with Crippen molar-refractivity contribution < 1.29 is 14.3 Å². The summed E-state index contributed by atoms with van der Waals surface area (Å²) in [4.78, 5) is 16.0. The molecule has 0 aliphatic carbocycles. The van der Waals surface area contributed by atoms with Gasteiger partial charge in [0.25, 0.3) is 0 Å². The van der Waals surface area contributed by atoms with Crippen LogP contribution in [0.4, 0.5) is 4.39 Å². The summed E-state index contributed by atoms with van der Waals surface area (Å²) in [7, 11) is 1.72. The Hall–Kier alpha value is -2.32. The third-order valence-electron chi connectivity index (χ3n) is 4.56. The van der Waals surface area contributed by atoms with Crippen LogP contribution in [0.2, 0.25) is 0 Å². The van der Waals surface area contributed by atoms with Crippen molar-refractivity contribution >= 4 is 5.91 Å². The minimum Gasteiger partial charge on any atom is -0.382 e. The molecule has 2 N–H and O–H groups in total. The maximum atomic E-state index is 13.0. The predicted octanol–water partition coefficient (Wildman–Crippen LogP) is 0.886. The number of amides is 1. The van der Waals surface area contributed by atoms with Gasteiger partial charge in [-0.25, -0.2) is 4.39 Å². The van der Waals surface area contributed by atoms with Crippen molar-refractivity contribution in [2.45, 2.75) is 25.0 Å². The van der Waals surface area contributed by atoms with Crippen molar-refractivity contribution in [3.05, 3.63) is 47.5 Å². The zero-order valence-corrected chi connectivity index (χ0v) is 14.2. The number of likely N-dealkylation sites (tertiary alicyclic amines) is 1. The lowest BCUT2D eigenvalue weighted by molar-refractivity contribution is -0.133. The summed E-state index contributed by atoms with van der Waals surface area (Å²) >= 11 is 0. The third-order valence-corrected chi connectivity index (χ3v) is 4.56. The van der Waals surface area contributed by atoms with Crippen LogP contribution in [-0.2, 0) is 16.9 Å². The lowest BCUT2D eigenvalue weighted by Gasteiger charge is -2.38. The van der Waals surface area contributed by atoms with E-state index in [9.17, 15) is 14.3 Å². The molecule has 0 bridgehead atoms. The number of halogens is 1. The van der Waals surface area contributed by atoms with Gasteiger partial charge in [-0.2, -0.15) is 15.4 Å². The molecule has 2 heterocycles. The lowest BCUT2D eigenvalue weighted by atomic mass is 9.90. The minimum atomic E-state index is -1.08. The van der Waals surface area contributed by atoms with Crippen LogP contribution in [0.1, 0.15) is 24.1 Å². The number of aliphatic hydroxyl groups is 1. The van der Waals surface area contributed by atoms with Gasteiger partial charge in [-0.1, -0.05) is 12.1 Å². The SMILES string of the molecule is CN(Cc1ccc(F)cc1)C(=O)CN1CCC[C@@](O)(c2cn[nH]n2)C1. The number of aromatic nitrogens is 3. The van der Waals surface area contributed by atoms with E-state index in [1.54, 1.807) is 24.1 Å². The number of carbonyl (C=O) groups is 1. The van der Waals surface area contributed by atoms with Crippen molar-refractivity contribution in [1.29, 1.82) is 0 Å². The first-order valence-corrected chi connectivity index (χ1v) is 8.26. The third kappa shape index (κ3) is 4.21. The number of hydrogen-bond acceptors (Lipinski definition) is 5. The number of hydrogen-bond donors (Lipinski definition) is 2. The number of likely N-dealkylation sites (N-methyl/N-ethyl adjacent to an activating group) is 1. The van der Waals surface area contributed by atoms with E-state index in [-0.39, 0.29) is 18.3 Å². The largest absolute Gasteiger partial charge is 0.382 e. The first-order chi connectivity index (χ1) is 12.0. The summed E-state index contributed by atoms with van der Waals surface area (Å²) in [5.74, 6) is -0.341. The van der Waals surface area contributed by atoms with Gasteiger partial charge in [0.05, 0.1) is 12.7 Å². The molecule has 0 radical (unpaired) electrons. The van der Waals surface area contributed by atoms with Crippen LogP contribution < -0.4 is 0 Å². The predicted molar refractivity (Wildman–Crippen MR) is 88.8 cm³/mol. The molecule has 134 valence electrons. The van der Waals surface area contributed by atoms with Crippen LogP contribution in [0.5, 0.6) is 0 Å². The van der Waals surface area contributed by atoms with Gasteiger partial charge in [-0.3, -0.25) is 9.69 Å². The molecule has 7 nitrogen and oxygen atoms in total. The van der Waals surface area contributed by atoms with Crippen LogP contribution in [0, 0.1) is 5.82 Å². The highest BCUT2D eigenvalue weighted by Crippen LogP contribution is 2.29. The molecular weight excluding hydrogens is 325 g/mol. The monoisotopic (exact) mass is 347 g/mol. The maximum absolute atomic E-state index is 13.0. The standard InChI is InChI=1S/C17H22FN5O2/c1-22(10-13-3-5-14(18)6-4-13)16(24)11-23-8-2-7-17(25,12-23)15-9-19-21-20-15/h3-6,9,25H,2,7-8,10-12H2,1H3,(H,19,20,21)/t17-/m0/s1. The number of H-pyrrole nitrogens is 1. The Balaban J connectivity index is 1.57. The van der Waals surface area contributed by atoms with E-state index in [0.29, 0.717) is 25.2 Å². The summed E-state index contributed by atoms with van der Waals surface area (Å²) in [5, 5.41) is 21.0. The first-order valence-electron chi connectivity index (χ1n) is 8.26. The van der Waals surface area contributed by atoms with Crippen LogP contribution in [0.15, 0.2) is 30.5 Å². The smallest absolute Gasteiger partial charge is 0.236 e. The molecule has 1 saturated heterocycles. The van der Waals surface area contributed by atoms with Crippen molar-refractivity contribution in [1.82, 2.24) is 25.2 Å². The highest BCUT2D eigenvalue weighted by Gasteiger charge is 2.37. The topological polar surface area (TPSA) is 85.4 Å². The summed E-state index contributed by atoms with van der Waals surface area (Å²) in [6, 6.07) is 6.11. The fourth-order valence-corrected chi connectivity index (χ4v) is 3.16. The molecule has 3 rings (SSSR count). The minimum absolute atomic E-state index is 0.0475. The van der Waals surface area contributed by atoms with E-state index in [2.05, 4.69) is 15.4 Å². The van der Waals surface area contributed by atoms with Gasteiger partial charge in [0.2, 0.25) is 5.91 Å². The Morgan fingerprint density at radius 2 is 2.20 bits per heavy atom.